The first-order valence-electron chi connectivity index (χ1n) is 10.5. The summed E-state index contributed by atoms with van der Waals surface area (Å²) in [5, 5.41) is 10.5. The van der Waals surface area contributed by atoms with Crippen LogP contribution in [-0.2, 0) is 4.74 Å². The summed E-state index contributed by atoms with van der Waals surface area (Å²) in [6.07, 6.45) is 2.68. The number of rotatable bonds is 10. The number of hydrogen-bond acceptors (Lipinski definition) is 8. The van der Waals surface area contributed by atoms with Gasteiger partial charge in [-0.3, -0.25) is 10.3 Å². The Bertz CT molecular complexity index is 919. The zero-order chi connectivity index (χ0) is 23.1. The minimum Gasteiger partial charge on any atom is -0.383 e. The maximum atomic E-state index is 12.5. The van der Waals surface area contributed by atoms with Gasteiger partial charge in [0.15, 0.2) is 0 Å². The van der Waals surface area contributed by atoms with Crippen LogP contribution in [0.1, 0.15) is 12.7 Å². The molecule has 0 saturated carbocycles. The molecule has 1 aliphatic rings. The molecule has 0 spiro atoms. The smallest absolute Gasteiger partial charge is 0.279 e. The number of ether oxygens (including phenoxy) is 1. The lowest BCUT2D eigenvalue weighted by atomic mass is 10.0. The normalized spacial score (nSPS) is 19.9. The van der Waals surface area contributed by atoms with Gasteiger partial charge in [-0.15, -0.1) is 0 Å². The third-order valence-corrected chi connectivity index (χ3v) is 5.62. The molecule has 11 heteroatoms. The lowest BCUT2D eigenvalue weighted by Gasteiger charge is -2.47. The van der Waals surface area contributed by atoms with E-state index < -0.39 is 12.1 Å². The number of nitrogens with zero attached hydrogens (tertiary/aromatic N) is 5. The molecule has 1 fully saturated rings. The SMILES string of the molecule is CNCC1C(C)N(c2cc(-c3cnc(/C=C\C(=N)C(F)F)[nH]3)ncn2)CCN1CCOC. The number of likely N-dealkylation sites (N-methyl/N-ethyl adjacent to an activating group) is 1. The Morgan fingerprint density at radius 2 is 2.19 bits per heavy atom. The summed E-state index contributed by atoms with van der Waals surface area (Å²) in [4.78, 5) is 20.8. The molecule has 1 aliphatic heterocycles. The van der Waals surface area contributed by atoms with Crippen molar-refractivity contribution in [1.82, 2.24) is 30.2 Å². The van der Waals surface area contributed by atoms with Gasteiger partial charge in [-0.25, -0.2) is 23.7 Å². The van der Waals surface area contributed by atoms with Gasteiger partial charge in [-0.05, 0) is 26.1 Å². The molecule has 1 saturated heterocycles. The minimum absolute atomic E-state index is 0.219. The summed E-state index contributed by atoms with van der Waals surface area (Å²) in [6, 6.07) is 2.42. The van der Waals surface area contributed by atoms with Crippen molar-refractivity contribution < 1.29 is 13.5 Å². The van der Waals surface area contributed by atoms with Crippen molar-refractivity contribution >= 4 is 17.6 Å². The number of H-pyrrole nitrogens is 1. The van der Waals surface area contributed by atoms with Crippen LogP contribution >= 0.6 is 0 Å². The van der Waals surface area contributed by atoms with Gasteiger partial charge in [-0.1, -0.05) is 0 Å². The van der Waals surface area contributed by atoms with Crippen molar-refractivity contribution in [3.05, 3.63) is 30.5 Å². The van der Waals surface area contributed by atoms with Crippen molar-refractivity contribution in [2.24, 2.45) is 0 Å². The molecule has 174 valence electrons. The number of aromatic amines is 1. The van der Waals surface area contributed by atoms with E-state index in [1.54, 1.807) is 13.3 Å². The van der Waals surface area contributed by atoms with Gasteiger partial charge in [0.05, 0.1) is 29.9 Å². The number of hydrogen-bond donors (Lipinski definition) is 3. The molecule has 3 N–H and O–H groups in total. The van der Waals surface area contributed by atoms with E-state index in [0.717, 1.165) is 38.1 Å². The average Bonchev–Trinajstić information content (AvgIpc) is 3.27. The molecule has 0 bridgehead atoms. The lowest BCUT2D eigenvalue weighted by molar-refractivity contribution is 0.0949. The molecular weight excluding hydrogens is 418 g/mol. The number of alkyl halides is 2. The number of imidazole rings is 1. The van der Waals surface area contributed by atoms with E-state index in [-0.39, 0.29) is 6.04 Å². The Kier molecular flexibility index (Phi) is 8.37. The van der Waals surface area contributed by atoms with E-state index in [0.29, 0.717) is 29.9 Å². The second-order valence-electron chi connectivity index (χ2n) is 7.62. The molecule has 2 aromatic heterocycles. The lowest BCUT2D eigenvalue weighted by Crippen LogP contribution is -2.62. The van der Waals surface area contributed by atoms with E-state index in [2.05, 4.69) is 42.0 Å². The second-order valence-corrected chi connectivity index (χ2v) is 7.62. The van der Waals surface area contributed by atoms with E-state index in [4.69, 9.17) is 10.1 Å². The maximum Gasteiger partial charge on any atom is 0.279 e. The Balaban J connectivity index is 1.77. The van der Waals surface area contributed by atoms with Crippen LogP contribution in [0.2, 0.25) is 0 Å². The van der Waals surface area contributed by atoms with Gasteiger partial charge in [0.2, 0.25) is 0 Å². The van der Waals surface area contributed by atoms with Crippen molar-refractivity contribution in [2.45, 2.75) is 25.4 Å². The van der Waals surface area contributed by atoms with Crippen molar-refractivity contribution in [3.63, 3.8) is 0 Å². The van der Waals surface area contributed by atoms with Crippen LogP contribution in [0, 0.1) is 5.41 Å². The first kappa shape index (κ1) is 23.9. The number of allylic oxidation sites excluding steroid dienone is 1. The fraction of sp³-hybridized carbons (Fsp3) is 0.524. The molecule has 2 unspecified atom stereocenters. The van der Waals surface area contributed by atoms with Crippen LogP contribution in [0.5, 0.6) is 0 Å². The molecule has 0 aliphatic carbocycles. The Morgan fingerprint density at radius 1 is 1.38 bits per heavy atom. The fourth-order valence-electron chi connectivity index (χ4n) is 3.88. The molecule has 32 heavy (non-hydrogen) atoms. The third kappa shape index (κ3) is 5.72. The van der Waals surface area contributed by atoms with E-state index in [1.165, 1.54) is 12.4 Å². The maximum absolute atomic E-state index is 12.5. The number of piperazine rings is 1. The average molecular weight is 449 g/mol. The van der Waals surface area contributed by atoms with Crippen molar-refractivity contribution in [3.8, 4) is 11.4 Å². The van der Waals surface area contributed by atoms with Gasteiger partial charge in [0.25, 0.3) is 6.43 Å². The van der Waals surface area contributed by atoms with Crippen molar-refractivity contribution in [2.75, 3.05) is 51.8 Å². The Hall–Kier alpha value is -2.76. The fourth-order valence-corrected chi connectivity index (χ4v) is 3.88. The quantitative estimate of drug-likeness (QED) is 0.477. The molecule has 0 radical (unpaired) electrons. The summed E-state index contributed by atoms with van der Waals surface area (Å²) < 4.78 is 30.2. The molecule has 9 nitrogen and oxygen atoms in total. The van der Waals surface area contributed by atoms with Gasteiger partial charge < -0.3 is 19.9 Å². The molecule has 2 atom stereocenters. The highest BCUT2D eigenvalue weighted by Crippen LogP contribution is 2.25. The number of anilines is 1. The van der Waals surface area contributed by atoms with Crippen LogP contribution < -0.4 is 10.2 Å². The highest BCUT2D eigenvalue weighted by Gasteiger charge is 2.33. The largest absolute Gasteiger partial charge is 0.383 e. The predicted octanol–water partition coefficient (Wildman–Crippen LogP) is 1.91. The van der Waals surface area contributed by atoms with Crippen LogP contribution in [0.3, 0.4) is 0 Å². The predicted molar refractivity (Wildman–Crippen MR) is 120 cm³/mol. The van der Waals surface area contributed by atoms with E-state index >= 15 is 0 Å². The van der Waals surface area contributed by atoms with E-state index in [1.807, 2.05) is 13.1 Å². The highest BCUT2D eigenvalue weighted by atomic mass is 19.3. The minimum atomic E-state index is -2.81. The van der Waals surface area contributed by atoms with Gasteiger partial charge in [0, 0.05) is 51.4 Å². The number of methoxy groups -OCH3 is 1. The van der Waals surface area contributed by atoms with Crippen LogP contribution in [0.15, 0.2) is 24.7 Å². The monoisotopic (exact) mass is 448 g/mol. The van der Waals surface area contributed by atoms with Gasteiger partial charge >= 0.3 is 0 Å². The summed E-state index contributed by atoms with van der Waals surface area (Å²) >= 11 is 0. The van der Waals surface area contributed by atoms with Crippen LogP contribution in [0.25, 0.3) is 17.5 Å². The number of nitrogens with one attached hydrogen (secondary N) is 3. The second kappa shape index (κ2) is 11.2. The highest BCUT2D eigenvalue weighted by molar-refractivity contribution is 5.97. The van der Waals surface area contributed by atoms with Gasteiger partial charge in [-0.2, -0.15) is 0 Å². The molecule has 0 amide bonds. The summed E-state index contributed by atoms with van der Waals surface area (Å²) in [6.45, 7) is 6.34. The third-order valence-electron chi connectivity index (χ3n) is 5.62. The topological polar surface area (TPSA) is 106 Å². The molecule has 0 aromatic carbocycles. The first-order chi connectivity index (χ1) is 15.4. The summed E-state index contributed by atoms with van der Waals surface area (Å²) in [5.41, 5.74) is 0.544. The zero-order valence-electron chi connectivity index (χ0n) is 18.6. The summed E-state index contributed by atoms with van der Waals surface area (Å²) in [7, 11) is 3.67. The number of halogens is 2. The standard InChI is InChI=1S/C21H30F2N8O/c1-14-18(12-25-2)30(8-9-32-3)6-7-31(14)20-10-16(27-13-28-20)17-11-26-19(29-17)5-4-15(24)21(22)23/h4-5,10-11,13-14,18,21,24-25H,6-9,12H2,1-3H3,(H,26,29)/b5-4-,24-15?. The van der Waals surface area contributed by atoms with Crippen molar-refractivity contribution in [1.29, 1.82) is 5.41 Å². The number of aromatic nitrogens is 4. The molecular formula is C21H30F2N8O. The first-order valence-corrected chi connectivity index (χ1v) is 10.5. The molecule has 3 heterocycles. The van der Waals surface area contributed by atoms with Crippen LogP contribution in [0.4, 0.5) is 14.6 Å². The Morgan fingerprint density at radius 3 is 2.91 bits per heavy atom. The zero-order valence-corrected chi connectivity index (χ0v) is 18.6. The Labute approximate surface area is 186 Å². The molecule has 2 aromatic rings. The van der Waals surface area contributed by atoms with E-state index in [9.17, 15) is 8.78 Å². The molecule has 3 rings (SSSR count). The van der Waals surface area contributed by atoms with Gasteiger partial charge in [0.1, 0.15) is 18.0 Å². The van der Waals surface area contributed by atoms with Crippen LogP contribution in [-0.4, -0.2) is 96.0 Å². The summed E-state index contributed by atoms with van der Waals surface area (Å²) in [5.74, 6) is 1.20.